The highest BCUT2D eigenvalue weighted by Crippen LogP contribution is 2.26. The van der Waals surface area contributed by atoms with E-state index in [0.717, 1.165) is 40.1 Å². The monoisotopic (exact) mass is 477 g/mol. The Morgan fingerprint density at radius 1 is 1.00 bits per heavy atom. The zero-order chi connectivity index (χ0) is 20.6. The third kappa shape index (κ3) is 6.46. The van der Waals surface area contributed by atoms with Crippen LogP contribution in [0, 0.1) is 5.82 Å². The van der Waals surface area contributed by atoms with Gasteiger partial charge in [0.15, 0.2) is 0 Å². The average Bonchev–Trinajstić information content (AvgIpc) is 2.72. The van der Waals surface area contributed by atoms with Crippen LogP contribution in [0.2, 0.25) is 5.02 Å². The molecule has 6 heteroatoms. The molecule has 29 heavy (non-hydrogen) atoms. The summed E-state index contributed by atoms with van der Waals surface area (Å²) in [7, 11) is 1.66. The van der Waals surface area contributed by atoms with Gasteiger partial charge in [0, 0.05) is 22.1 Å². The summed E-state index contributed by atoms with van der Waals surface area (Å²) in [6, 6.07) is 18.3. The van der Waals surface area contributed by atoms with E-state index in [0.29, 0.717) is 11.6 Å². The molecule has 0 bridgehead atoms. The van der Waals surface area contributed by atoms with E-state index in [2.05, 4.69) is 33.4 Å². The largest absolute Gasteiger partial charge is 0.497 e. The van der Waals surface area contributed by atoms with Gasteiger partial charge in [-0.2, -0.15) is 0 Å². The van der Waals surface area contributed by atoms with Crippen molar-refractivity contribution in [2.24, 2.45) is 0 Å². The molecule has 0 aliphatic carbocycles. The van der Waals surface area contributed by atoms with Crippen LogP contribution in [0.15, 0.2) is 65.1 Å². The van der Waals surface area contributed by atoms with Gasteiger partial charge in [0.25, 0.3) is 0 Å². The summed E-state index contributed by atoms with van der Waals surface area (Å²) < 4.78 is 25.3. The Kier molecular flexibility index (Phi) is 7.92. The summed E-state index contributed by atoms with van der Waals surface area (Å²) in [6.07, 6.45) is 0.916. The lowest BCUT2D eigenvalue weighted by Crippen LogP contribution is -2.17. The van der Waals surface area contributed by atoms with Gasteiger partial charge in [0.2, 0.25) is 0 Å². The van der Waals surface area contributed by atoms with E-state index < -0.39 is 0 Å². The molecule has 0 aromatic heterocycles. The van der Waals surface area contributed by atoms with Crippen molar-refractivity contribution in [2.45, 2.75) is 19.6 Å². The molecule has 3 rings (SSSR count). The quantitative estimate of drug-likeness (QED) is 0.374. The molecular formula is C23H22BrClFNO2. The van der Waals surface area contributed by atoms with E-state index in [4.69, 9.17) is 21.1 Å². The Balaban J connectivity index is 1.56. The molecule has 0 saturated heterocycles. The molecule has 0 amide bonds. The molecule has 0 aliphatic heterocycles. The molecule has 0 saturated carbocycles. The maximum atomic E-state index is 13.2. The number of methoxy groups -OCH3 is 1. The van der Waals surface area contributed by atoms with E-state index in [1.165, 1.54) is 17.7 Å². The molecule has 0 aliphatic rings. The van der Waals surface area contributed by atoms with Gasteiger partial charge >= 0.3 is 0 Å². The van der Waals surface area contributed by atoms with E-state index >= 15 is 0 Å². The predicted octanol–water partition coefficient (Wildman–Crippen LogP) is 6.16. The highest BCUT2D eigenvalue weighted by Gasteiger charge is 2.08. The van der Waals surface area contributed by atoms with Crippen LogP contribution in [0.3, 0.4) is 0 Å². The minimum atomic E-state index is -0.357. The molecule has 0 fully saturated rings. The zero-order valence-corrected chi connectivity index (χ0v) is 18.4. The lowest BCUT2D eigenvalue weighted by Gasteiger charge is -2.14. The van der Waals surface area contributed by atoms with Crippen molar-refractivity contribution in [2.75, 3.05) is 13.7 Å². The molecule has 0 atom stereocenters. The molecule has 0 radical (unpaired) electrons. The van der Waals surface area contributed by atoms with Crippen molar-refractivity contribution in [3.63, 3.8) is 0 Å². The predicted molar refractivity (Wildman–Crippen MR) is 118 cm³/mol. The Bertz CT molecular complexity index is 950. The van der Waals surface area contributed by atoms with Crippen LogP contribution in [0.4, 0.5) is 4.39 Å². The molecule has 1 N–H and O–H groups in total. The summed E-state index contributed by atoms with van der Waals surface area (Å²) in [5.74, 6) is 1.27. The van der Waals surface area contributed by atoms with Crippen molar-refractivity contribution in [1.82, 2.24) is 5.32 Å². The molecule has 3 nitrogen and oxygen atoms in total. The van der Waals surface area contributed by atoms with Crippen LogP contribution in [0.25, 0.3) is 0 Å². The van der Waals surface area contributed by atoms with Crippen LogP contribution in [0.5, 0.6) is 11.5 Å². The zero-order valence-electron chi connectivity index (χ0n) is 16.1. The number of nitrogens with one attached hydrogen (secondary N) is 1. The highest BCUT2D eigenvalue weighted by atomic mass is 79.9. The standard InChI is InChI=1S/C23H22BrClFNO2/c1-28-21-7-2-16(3-8-21)10-11-27-14-18-12-19(24)5-9-23(18)29-15-17-4-6-20(26)13-22(17)25/h2-9,12-13,27H,10-11,14-15H2,1H3. The third-order valence-electron chi connectivity index (χ3n) is 4.49. The van der Waals surface area contributed by atoms with Crippen LogP contribution in [-0.2, 0) is 19.6 Å². The number of halogens is 3. The summed E-state index contributed by atoms with van der Waals surface area (Å²) in [6.45, 7) is 1.78. The van der Waals surface area contributed by atoms with Gasteiger partial charge < -0.3 is 14.8 Å². The Morgan fingerprint density at radius 3 is 2.52 bits per heavy atom. The smallest absolute Gasteiger partial charge is 0.124 e. The fourth-order valence-electron chi connectivity index (χ4n) is 2.87. The van der Waals surface area contributed by atoms with E-state index in [-0.39, 0.29) is 12.4 Å². The van der Waals surface area contributed by atoms with Crippen LogP contribution in [-0.4, -0.2) is 13.7 Å². The van der Waals surface area contributed by atoms with Crippen molar-refractivity contribution < 1.29 is 13.9 Å². The lowest BCUT2D eigenvalue weighted by atomic mass is 10.1. The number of hydrogen-bond acceptors (Lipinski definition) is 3. The first-order chi connectivity index (χ1) is 14.0. The van der Waals surface area contributed by atoms with Gasteiger partial charge in [-0.05, 0) is 61.0 Å². The van der Waals surface area contributed by atoms with Gasteiger partial charge in [-0.3, -0.25) is 0 Å². The molecular weight excluding hydrogens is 457 g/mol. The first kappa shape index (κ1) is 21.6. The maximum absolute atomic E-state index is 13.2. The Hall–Kier alpha value is -2.08. The first-order valence-electron chi connectivity index (χ1n) is 9.24. The van der Waals surface area contributed by atoms with Gasteiger partial charge in [-0.15, -0.1) is 0 Å². The maximum Gasteiger partial charge on any atom is 0.124 e. The van der Waals surface area contributed by atoms with Crippen LogP contribution < -0.4 is 14.8 Å². The number of rotatable bonds is 9. The summed E-state index contributed by atoms with van der Waals surface area (Å²) in [5.41, 5.74) is 3.02. The van der Waals surface area contributed by atoms with Gasteiger partial charge in [-0.25, -0.2) is 4.39 Å². The minimum absolute atomic E-state index is 0.277. The normalized spacial score (nSPS) is 10.8. The van der Waals surface area contributed by atoms with Gasteiger partial charge in [0.05, 0.1) is 12.1 Å². The SMILES string of the molecule is COc1ccc(CCNCc2cc(Br)ccc2OCc2ccc(F)cc2Cl)cc1. The Labute approximate surface area is 183 Å². The second-order valence-electron chi connectivity index (χ2n) is 6.55. The van der Waals surface area contributed by atoms with Crippen molar-refractivity contribution >= 4 is 27.5 Å². The second-order valence-corrected chi connectivity index (χ2v) is 7.87. The lowest BCUT2D eigenvalue weighted by molar-refractivity contribution is 0.302. The highest BCUT2D eigenvalue weighted by molar-refractivity contribution is 9.10. The average molecular weight is 479 g/mol. The summed E-state index contributed by atoms with van der Waals surface area (Å²) in [4.78, 5) is 0. The fourth-order valence-corrected chi connectivity index (χ4v) is 3.50. The van der Waals surface area contributed by atoms with Crippen LogP contribution in [0.1, 0.15) is 16.7 Å². The summed E-state index contributed by atoms with van der Waals surface area (Å²) >= 11 is 9.61. The molecule has 0 spiro atoms. The Morgan fingerprint density at radius 2 is 1.79 bits per heavy atom. The van der Waals surface area contributed by atoms with E-state index in [9.17, 15) is 4.39 Å². The van der Waals surface area contributed by atoms with Crippen molar-refractivity contribution in [3.05, 3.63) is 92.7 Å². The molecule has 152 valence electrons. The van der Waals surface area contributed by atoms with E-state index in [1.807, 2.05) is 30.3 Å². The second kappa shape index (κ2) is 10.6. The van der Waals surface area contributed by atoms with E-state index in [1.54, 1.807) is 13.2 Å². The summed E-state index contributed by atoms with van der Waals surface area (Å²) in [5, 5.41) is 3.82. The van der Waals surface area contributed by atoms with Gasteiger partial charge in [0.1, 0.15) is 23.9 Å². The third-order valence-corrected chi connectivity index (χ3v) is 5.33. The van der Waals surface area contributed by atoms with Gasteiger partial charge in [-0.1, -0.05) is 45.7 Å². The minimum Gasteiger partial charge on any atom is -0.497 e. The number of ether oxygens (including phenoxy) is 2. The number of hydrogen-bond donors (Lipinski definition) is 1. The topological polar surface area (TPSA) is 30.5 Å². The molecule has 0 unspecified atom stereocenters. The number of benzene rings is 3. The van der Waals surface area contributed by atoms with Crippen molar-refractivity contribution in [1.29, 1.82) is 0 Å². The molecule has 3 aromatic carbocycles. The van der Waals surface area contributed by atoms with Crippen molar-refractivity contribution in [3.8, 4) is 11.5 Å². The molecule has 0 heterocycles. The molecule has 3 aromatic rings. The fraction of sp³-hybridized carbons (Fsp3) is 0.217. The first-order valence-corrected chi connectivity index (χ1v) is 10.4. The van der Waals surface area contributed by atoms with Crippen LogP contribution >= 0.6 is 27.5 Å².